The molecule has 1 aromatic rings. The molecule has 0 saturated heterocycles. The monoisotopic (exact) mass is 248 g/mol. The molecule has 0 radical (unpaired) electrons. The number of hydrogen-bond acceptors (Lipinski definition) is 3. The summed E-state index contributed by atoms with van der Waals surface area (Å²) in [5.41, 5.74) is 2.62. The highest BCUT2D eigenvalue weighted by Gasteiger charge is 2.28. The zero-order valence-electron chi connectivity index (χ0n) is 11.7. The number of nitrogens with zero attached hydrogens (tertiary/aromatic N) is 1. The van der Waals surface area contributed by atoms with Gasteiger partial charge in [-0.05, 0) is 44.1 Å². The molecule has 1 aliphatic carbocycles. The quantitative estimate of drug-likeness (QED) is 0.802. The summed E-state index contributed by atoms with van der Waals surface area (Å²) in [5.74, 6) is 1.01. The highest BCUT2D eigenvalue weighted by Crippen LogP contribution is 2.30. The van der Waals surface area contributed by atoms with Crippen LogP contribution >= 0.6 is 0 Å². The van der Waals surface area contributed by atoms with E-state index in [2.05, 4.69) is 35.3 Å². The van der Waals surface area contributed by atoms with Crippen LogP contribution in [0.1, 0.15) is 30.9 Å². The Morgan fingerprint density at radius 3 is 2.72 bits per heavy atom. The summed E-state index contributed by atoms with van der Waals surface area (Å²) >= 11 is 0. The highest BCUT2D eigenvalue weighted by molar-refractivity contribution is 5.37. The van der Waals surface area contributed by atoms with Crippen LogP contribution < -0.4 is 10.1 Å². The molecule has 0 atom stereocenters. The zero-order valence-corrected chi connectivity index (χ0v) is 11.7. The van der Waals surface area contributed by atoms with Crippen LogP contribution in [-0.4, -0.2) is 31.6 Å². The molecule has 0 bridgehead atoms. The van der Waals surface area contributed by atoms with Gasteiger partial charge in [0.25, 0.3) is 0 Å². The largest absolute Gasteiger partial charge is 0.496 e. The fourth-order valence-corrected chi connectivity index (χ4v) is 2.43. The molecule has 1 saturated carbocycles. The number of benzene rings is 1. The minimum atomic E-state index is 0.799. The molecule has 1 fully saturated rings. The maximum absolute atomic E-state index is 5.48. The van der Waals surface area contributed by atoms with Crippen LogP contribution in [0.25, 0.3) is 0 Å². The van der Waals surface area contributed by atoms with Crippen molar-refractivity contribution in [2.45, 2.75) is 38.9 Å². The fourth-order valence-electron chi connectivity index (χ4n) is 2.43. The Labute approximate surface area is 110 Å². The molecule has 0 amide bonds. The summed E-state index contributed by atoms with van der Waals surface area (Å²) in [6.45, 7) is 5.26. The first-order valence-electron chi connectivity index (χ1n) is 6.83. The molecule has 3 nitrogen and oxygen atoms in total. The van der Waals surface area contributed by atoms with E-state index < -0.39 is 0 Å². The predicted octanol–water partition coefficient (Wildman–Crippen LogP) is 2.40. The molecular weight excluding hydrogens is 224 g/mol. The lowest BCUT2D eigenvalue weighted by Gasteiger charge is -2.21. The summed E-state index contributed by atoms with van der Waals surface area (Å²) in [6.07, 6.45) is 2.71. The smallest absolute Gasteiger partial charge is 0.123 e. The average molecular weight is 248 g/mol. The normalized spacial score (nSPS) is 15.1. The molecule has 0 spiro atoms. The van der Waals surface area contributed by atoms with Crippen LogP contribution in [0, 0.1) is 0 Å². The number of rotatable bonds is 7. The zero-order chi connectivity index (χ0) is 13.0. The van der Waals surface area contributed by atoms with Crippen LogP contribution in [0.15, 0.2) is 18.2 Å². The van der Waals surface area contributed by atoms with Crippen LogP contribution in [0.2, 0.25) is 0 Å². The van der Waals surface area contributed by atoms with Crippen LogP contribution in [0.5, 0.6) is 5.75 Å². The topological polar surface area (TPSA) is 24.5 Å². The third-order valence-electron chi connectivity index (χ3n) is 3.57. The highest BCUT2D eigenvalue weighted by atomic mass is 16.5. The molecule has 0 unspecified atom stereocenters. The van der Waals surface area contributed by atoms with Gasteiger partial charge >= 0.3 is 0 Å². The lowest BCUT2D eigenvalue weighted by molar-refractivity contribution is 0.264. The molecule has 1 aliphatic rings. The molecule has 100 valence electrons. The van der Waals surface area contributed by atoms with Gasteiger partial charge in [0.05, 0.1) is 7.11 Å². The van der Waals surface area contributed by atoms with Crippen LogP contribution in [0.4, 0.5) is 0 Å². The second kappa shape index (κ2) is 6.21. The van der Waals surface area contributed by atoms with Gasteiger partial charge in [-0.2, -0.15) is 0 Å². The average Bonchev–Trinajstić information content (AvgIpc) is 3.21. The van der Waals surface area contributed by atoms with Gasteiger partial charge in [0.2, 0.25) is 0 Å². The van der Waals surface area contributed by atoms with E-state index in [-0.39, 0.29) is 0 Å². The number of nitrogens with one attached hydrogen (secondary N) is 1. The molecular formula is C15H24N2O. The maximum atomic E-state index is 5.48. The molecule has 1 aromatic carbocycles. The second-order valence-electron chi connectivity index (χ2n) is 4.97. The molecule has 2 rings (SSSR count). The van der Waals surface area contributed by atoms with Crippen LogP contribution in [-0.2, 0) is 13.1 Å². The lowest BCUT2D eigenvalue weighted by Crippen LogP contribution is -2.25. The summed E-state index contributed by atoms with van der Waals surface area (Å²) in [5, 5.41) is 3.20. The standard InChI is InChI=1S/C15H24N2O/c1-4-17(14-6-7-14)11-13-9-12(10-16-2)5-8-15(13)18-3/h5,8-9,14,16H,4,6-7,10-11H2,1-3H3. The minimum Gasteiger partial charge on any atom is -0.496 e. The number of methoxy groups -OCH3 is 1. The van der Waals surface area contributed by atoms with Crippen molar-refractivity contribution in [2.75, 3.05) is 20.7 Å². The van der Waals surface area contributed by atoms with Gasteiger partial charge in [-0.25, -0.2) is 0 Å². The van der Waals surface area contributed by atoms with Gasteiger partial charge in [0, 0.05) is 24.7 Å². The Balaban J connectivity index is 2.14. The van der Waals surface area contributed by atoms with Gasteiger partial charge in [-0.15, -0.1) is 0 Å². The first-order chi connectivity index (χ1) is 8.78. The fraction of sp³-hybridized carbons (Fsp3) is 0.600. The van der Waals surface area contributed by atoms with Gasteiger partial charge in [0.15, 0.2) is 0 Å². The van der Waals surface area contributed by atoms with Crippen molar-refractivity contribution >= 4 is 0 Å². The Bertz CT molecular complexity index is 388. The van der Waals surface area contributed by atoms with Gasteiger partial charge in [-0.3, -0.25) is 4.90 Å². The van der Waals surface area contributed by atoms with Crippen LogP contribution in [0.3, 0.4) is 0 Å². The molecule has 0 heterocycles. The van der Waals surface area contributed by atoms with Gasteiger partial charge < -0.3 is 10.1 Å². The number of hydrogen-bond donors (Lipinski definition) is 1. The van der Waals surface area contributed by atoms with Gasteiger partial charge in [-0.1, -0.05) is 13.0 Å². The Hall–Kier alpha value is -1.06. The van der Waals surface area contributed by atoms with Crippen molar-refractivity contribution in [2.24, 2.45) is 0 Å². The summed E-state index contributed by atoms with van der Waals surface area (Å²) in [6, 6.07) is 7.28. The van der Waals surface area contributed by atoms with E-state index in [1.165, 1.54) is 24.0 Å². The van der Waals surface area contributed by atoms with E-state index in [1.807, 2.05) is 7.05 Å². The summed E-state index contributed by atoms with van der Waals surface area (Å²) in [7, 11) is 3.73. The Kier molecular flexibility index (Phi) is 4.61. The van der Waals surface area contributed by atoms with Crippen molar-refractivity contribution in [3.63, 3.8) is 0 Å². The molecule has 3 heteroatoms. The Morgan fingerprint density at radius 2 is 2.17 bits per heavy atom. The van der Waals surface area contributed by atoms with Crippen molar-refractivity contribution in [3.8, 4) is 5.75 Å². The van der Waals surface area contributed by atoms with E-state index in [0.29, 0.717) is 0 Å². The van der Waals surface area contributed by atoms with E-state index in [4.69, 9.17) is 4.74 Å². The third kappa shape index (κ3) is 3.24. The van der Waals surface area contributed by atoms with E-state index in [9.17, 15) is 0 Å². The van der Waals surface area contributed by atoms with E-state index in [0.717, 1.165) is 31.4 Å². The van der Waals surface area contributed by atoms with E-state index >= 15 is 0 Å². The Morgan fingerprint density at radius 1 is 1.39 bits per heavy atom. The second-order valence-corrected chi connectivity index (χ2v) is 4.97. The lowest BCUT2D eigenvalue weighted by atomic mass is 10.1. The molecule has 1 N–H and O–H groups in total. The van der Waals surface area contributed by atoms with Crippen molar-refractivity contribution < 1.29 is 4.74 Å². The first kappa shape index (κ1) is 13.4. The maximum Gasteiger partial charge on any atom is 0.123 e. The molecule has 18 heavy (non-hydrogen) atoms. The molecule has 0 aliphatic heterocycles. The number of ether oxygens (including phenoxy) is 1. The molecule has 0 aromatic heterocycles. The van der Waals surface area contributed by atoms with Gasteiger partial charge in [0.1, 0.15) is 5.75 Å². The summed E-state index contributed by atoms with van der Waals surface area (Å²) in [4.78, 5) is 2.54. The van der Waals surface area contributed by atoms with Crippen molar-refractivity contribution in [1.29, 1.82) is 0 Å². The SMILES string of the molecule is CCN(Cc1cc(CNC)ccc1OC)C1CC1. The van der Waals surface area contributed by atoms with Crippen molar-refractivity contribution in [1.82, 2.24) is 10.2 Å². The summed E-state index contributed by atoms with van der Waals surface area (Å²) < 4.78 is 5.48. The minimum absolute atomic E-state index is 0.799. The third-order valence-corrected chi connectivity index (χ3v) is 3.57. The van der Waals surface area contributed by atoms with Crippen molar-refractivity contribution in [3.05, 3.63) is 29.3 Å². The predicted molar refractivity (Wildman–Crippen MR) is 74.9 cm³/mol. The van der Waals surface area contributed by atoms with E-state index in [1.54, 1.807) is 7.11 Å². The first-order valence-corrected chi connectivity index (χ1v) is 6.83.